The van der Waals surface area contributed by atoms with Crippen molar-refractivity contribution in [2.45, 2.75) is 19.4 Å². The van der Waals surface area contributed by atoms with E-state index in [1.54, 1.807) is 18.4 Å². The minimum absolute atomic E-state index is 0.247. The normalized spacial score (nSPS) is 20.9. The minimum atomic E-state index is -3.16. The van der Waals surface area contributed by atoms with Gasteiger partial charge in [-0.15, -0.1) is 11.3 Å². The fourth-order valence-corrected chi connectivity index (χ4v) is 5.30. The third-order valence-electron chi connectivity index (χ3n) is 3.32. The van der Waals surface area contributed by atoms with Crippen molar-refractivity contribution in [2.75, 3.05) is 25.9 Å². The lowest BCUT2D eigenvalue weighted by molar-refractivity contribution is 0.391. The van der Waals surface area contributed by atoms with Gasteiger partial charge in [0.1, 0.15) is 0 Å². The Balaban J connectivity index is 1.94. The van der Waals surface area contributed by atoms with Crippen molar-refractivity contribution in [1.82, 2.24) is 9.62 Å². The van der Waals surface area contributed by atoms with Crippen molar-refractivity contribution in [3.8, 4) is 0 Å². The third-order valence-corrected chi connectivity index (χ3v) is 6.97. The molecule has 2 rings (SSSR count). The Morgan fingerprint density at radius 1 is 1.58 bits per heavy atom. The van der Waals surface area contributed by atoms with Gasteiger partial charge in [0.25, 0.3) is 0 Å². The van der Waals surface area contributed by atoms with Crippen molar-refractivity contribution in [1.29, 1.82) is 0 Å². The minimum Gasteiger partial charge on any atom is -0.316 e. The highest BCUT2D eigenvalue weighted by atomic mass is 79.9. The molecule has 7 heteroatoms. The molecule has 1 aliphatic heterocycles. The van der Waals surface area contributed by atoms with Gasteiger partial charge in [0, 0.05) is 28.3 Å². The van der Waals surface area contributed by atoms with Crippen LogP contribution in [0.15, 0.2) is 15.9 Å². The number of thiophene rings is 1. The number of halogens is 1. The van der Waals surface area contributed by atoms with E-state index in [1.807, 2.05) is 11.4 Å². The highest BCUT2D eigenvalue weighted by Gasteiger charge is 2.25. The predicted molar refractivity (Wildman–Crippen MR) is 82.9 cm³/mol. The van der Waals surface area contributed by atoms with Crippen LogP contribution in [-0.4, -0.2) is 38.6 Å². The first-order chi connectivity index (χ1) is 8.97. The maximum absolute atomic E-state index is 12.3. The van der Waals surface area contributed by atoms with E-state index >= 15 is 0 Å². The van der Waals surface area contributed by atoms with E-state index in [0.717, 1.165) is 35.3 Å². The molecule has 108 valence electrons. The van der Waals surface area contributed by atoms with Gasteiger partial charge >= 0.3 is 0 Å². The zero-order chi connectivity index (χ0) is 13.9. The van der Waals surface area contributed by atoms with E-state index in [0.29, 0.717) is 6.54 Å². The Labute approximate surface area is 127 Å². The second-order valence-electron chi connectivity index (χ2n) is 4.98. The number of hydrogen-bond acceptors (Lipinski definition) is 4. The highest BCUT2D eigenvalue weighted by molar-refractivity contribution is 9.10. The molecule has 1 saturated heterocycles. The second kappa shape index (κ2) is 6.67. The van der Waals surface area contributed by atoms with Crippen LogP contribution in [0.4, 0.5) is 0 Å². The molecule has 0 aromatic carbocycles. The molecule has 0 bridgehead atoms. The molecule has 19 heavy (non-hydrogen) atoms. The van der Waals surface area contributed by atoms with Crippen molar-refractivity contribution in [3.05, 3.63) is 20.8 Å². The summed E-state index contributed by atoms with van der Waals surface area (Å²) in [5.41, 5.74) is 0. The maximum Gasteiger partial charge on any atom is 0.214 e. The van der Waals surface area contributed by atoms with E-state index in [-0.39, 0.29) is 11.7 Å². The first kappa shape index (κ1) is 15.4. The zero-order valence-electron chi connectivity index (χ0n) is 10.9. The first-order valence-corrected chi connectivity index (χ1v) is 9.63. The lowest BCUT2D eigenvalue weighted by Crippen LogP contribution is -2.38. The summed E-state index contributed by atoms with van der Waals surface area (Å²) in [5.74, 6) is 0.500. The summed E-state index contributed by atoms with van der Waals surface area (Å²) < 4.78 is 27.1. The van der Waals surface area contributed by atoms with E-state index in [1.165, 1.54) is 4.31 Å². The van der Waals surface area contributed by atoms with E-state index in [4.69, 9.17) is 0 Å². The predicted octanol–water partition coefficient (Wildman–Crippen LogP) is 2.27. The average molecular weight is 367 g/mol. The highest BCUT2D eigenvalue weighted by Crippen LogP contribution is 2.22. The van der Waals surface area contributed by atoms with Crippen molar-refractivity contribution in [3.63, 3.8) is 0 Å². The van der Waals surface area contributed by atoms with Gasteiger partial charge in [0.05, 0.1) is 5.75 Å². The molecule has 0 saturated carbocycles. The number of nitrogens with zero attached hydrogens (tertiary/aromatic N) is 1. The molecule has 1 N–H and O–H groups in total. The van der Waals surface area contributed by atoms with Gasteiger partial charge in [-0.2, -0.15) is 4.31 Å². The number of rotatable bonds is 5. The Morgan fingerprint density at radius 2 is 2.37 bits per heavy atom. The summed E-state index contributed by atoms with van der Waals surface area (Å²) in [5, 5.41) is 5.24. The van der Waals surface area contributed by atoms with E-state index in [2.05, 4.69) is 21.2 Å². The molecular weight excluding hydrogens is 348 g/mol. The third kappa shape index (κ3) is 4.53. The smallest absolute Gasteiger partial charge is 0.214 e. The number of hydrogen-bond donors (Lipinski definition) is 1. The SMILES string of the molecule is CN(Cc1cc(Br)cs1)S(=O)(=O)CC1CCCNC1. The Morgan fingerprint density at radius 3 is 2.95 bits per heavy atom. The van der Waals surface area contributed by atoms with Crippen LogP contribution < -0.4 is 5.32 Å². The lowest BCUT2D eigenvalue weighted by atomic mass is 10.0. The fraction of sp³-hybridized carbons (Fsp3) is 0.667. The molecule has 1 aromatic rings. The van der Waals surface area contributed by atoms with Crippen LogP contribution in [0.5, 0.6) is 0 Å². The van der Waals surface area contributed by atoms with Gasteiger partial charge in [0.2, 0.25) is 10.0 Å². The summed E-state index contributed by atoms with van der Waals surface area (Å²) in [7, 11) is -1.50. The molecule has 0 amide bonds. The van der Waals surface area contributed by atoms with Crippen LogP contribution in [0.2, 0.25) is 0 Å². The molecule has 1 atom stereocenters. The molecular formula is C12H19BrN2O2S2. The van der Waals surface area contributed by atoms with Gasteiger partial charge in [-0.25, -0.2) is 8.42 Å². The summed E-state index contributed by atoms with van der Waals surface area (Å²) in [4.78, 5) is 1.06. The first-order valence-electron chi connectivity index (χ1n) is 6.35. The van der Waals surface area contributed by atoms with E-state index in [9.17, 15) is 8.42 Å². The van der Waals surface area contributed by atoms with Crippen LogP contribution >= 0.6 is 27.3 Å². The molecule has 1 unspecified atom stereocenters. The Hall–Kier alpha value is 0.0500. The number of sulfonamides is 1. The summed E-state index contributed by atoms with van der Waals surface area (Å²) in [6, 6.07) is 1.97. The quantitative estimate of drug-likeness (QED) is 0.869. The fourth-order valence-electron chi connectivity index (χ4n) is 2.25. The second-order valence-corrected chi connectivity index (χ2v) is 9.01. The van der Waals surface area contributed by atoms with Gasteiger partial charge < -0.3 is 5.32 Å². The zero-order valence-corrected chi connectivity index (χ0v) is 14.2. The van der Waals surface area contributed by atoms with Crippen LogP contribution in [0.1, 0.15) is 17.7 Å². The van der Waals surface area contributed by atoms with Crippen molar-refractivity contribution >= 4 is 37.3 Å². The molecule has 0 spiro atoms. The largest absolute Gasteiger partial charge is 0.316 e. The maximum atomic E-state index is 12.3. The van der Waals surface area contributed by atoms with Gasteiger partial charge in [-0.3, -0.25) is 0 Å². The topological polar surface area (TPSA) is 49.4 Å². The van der Waals surface area contributed by atoms with Gasteiger partial charge in [-0.05, 0) is 53.8 Å². The lowest BCUT2D eigenvalue weighted by Gasteiger charge is -2.25. The van der Waals surface area contributed by atoms with E-state index < -0.39 is 10.0 Å². The standard InChI is InChI=1S/C12H19BrN2O2S2/c1-15(7-12-5-11(13)8-18-12)19(16,17)9-10-3-2-4-14-6-10/h5,8,10,14H,2-4,6-7,9H2,1H3. The average Bonchev–Trinajstić information content (AvgIpc) is 2.75. The van der Waals surface area contributed by atoms with Crippen LogP contribution in [0.25, 0.3) is 0 Å². The van der Waals surface area contributed by atoms with Crippen molar-refractivity contribution in [2.24, 2.45) is 5.92 Å². The number of piperidine rings is 1. The van der Waals surface area contributed by atoms with Gasteiger partial charge in [-0.1, -0.05) is 0 Å². The van der Waals surface area contributed by atoms with Crippen molar-refractivity contribution < 1.29 is 8.42 Å². The molecule has 2 heterocycles. The molecule has 1 fully saturated rings. The van der Waals surface area contributed by atoms with Crippen LogP contribution in [0, 0.1) is 5.92 Å². The molecule has 4 nitrogen and oxygen atoms in total. The summed E-state index contributed by atoms with van der Waals surface area (Å²) >= 11 is 4.96. The molecule has 0 radical (unpaired) electrons. The Kier molecular flexibility index (Phi) is 5.42. The monoisotopic (exact) mass is 366 g/mol. The summed E-state index contributed by atoms with van der Waals surface area (Å²) in [6.07, 6.45) is 2.08. The summed E-state index contributed by atoms with van der Waals surface area (Å²) in [6.45, 7) is 2.28. The van der Waals surface area contributed by atoms with Gasteiger partial charge in [0.15, 0.2) is 0 Å². The molecule has 1 aliphatic rings. The number of nitrogens with one attached hydrogen (secondary N) is 1. The van der Waals surface area contributed by atoms with Crippen LogP contribution in [-0.2, 0) is 16.6 Å². The molecule has 1 aromatic heterocycles. The molecule has 0 aliphatic carbocycles. The van der Waals surface area contributed by atoms with Crippen LogP contribution in [0.3, 0.4) is 0 Å². The Bertz CT molecular complexity index is 510.